The van der Waals surface area contributed by atoms with Crippen LogP contribution in [0.2, 0.25) is 5.02 Å². The molecule has 0 amide bonds. The molecule has 96 valence electrons. The summed E-state index contributed by atoms with van der Waals surface area (Å²) in [6.45, 7) is 1.58. The minimum Gasteiger partial charge on any atom is -0.481 e. The van der Waals surface area contributed by atoms with Crippen LogP contribution in [0.1, 0.15) is 18.5 Å². The van der Waals surface area contributed by atoms with Crippen molar-refractivity contribution in [1.82, 2.24) is 15.2 Å². The molecule has 0 aliphatic rings. The molecule has 19 heavy (non-hydrogen) atoms. The van der Waals surface area contributed by atoms with Crippen molar-refractivity contribution in [2.45, 2.75) is 12.8 Å². The van der Waals surface area contributed by atoms with Gasteiger partial charge in [0.1, 0.15) is 5.52 Å². The maximum absolute atomic E-state index is 11.0. The number of hydrogen-bond donors (Lipinski definition) is 2. The molecule has 0 spiro atoms. The zero-order valence-electron chi connectivity index (χ0n) is 10.0. The fourth-order valence-corrected chi connectivity index (χ4v) is 2.18. The van der Waals surface area contributed by atoms with E-state index in [1.165, 1.54) is 0 Å². The largest absolute Gasteiger partial charge is 0.481 e. The summed E-state index contributed by atoms with van der Waals surface area (Å²) in [7, 11) is 0. The van der Waals surface area contributed by atoms with E-state index >= 15 is 0 Å². The average molecular weight is 276 g/mol. The summed E-state index contributed by atoms with van der Waals surface area (Å²) in [4.78, 5) is 14.1. The molecule has 0 saturated heterocycles. The lowest BCUT2D eigenvalue weighted by Gasteiger charge is -2.03. The second-order valence-corrected chi connectivity index (χ2v) is 4.84. The van der Waals surface area contributed by atoms with E-state index in [-0.39, 0.29) is 0 Å². The van der Waals surface area contributed by atoms with Gasteiger partial charge in [-0.05, 0) is 31.2 Å². The van der Waals surface area contributed by atoms with Crippen molar-refractivity contribution in [3.05, 3.63) is 35.0 Å². The van der Waals surface area contributed by atoms with Gasteiger partial charge in [0.05, 0.1) is 17.1 Å². The summed E-state index contributed by atoms with van der Waals surface area (Å²) in [5.41, 5.74) is 2.78. The Balaban J connectivity index is 2.24. The third kappa shape index (κ3) is 1.92. The maximum Gasteiger partial charge on any atom is 0.312 e. The first-order valence-electron chi connectivity index (χ1n) is 5.73. The zero-order valence-corrected chi connectivity index (χ0v) is 10.8. The van der Waals surface area contributed by atoms with Gasteiger partial charge in [-0.3, -0.25) is 4.79 Å². The van der Waals surface area contributed by atoms with E-state index < -0.39 is 11.9 Å². The molecule has 2 N–H and O–H groups in total. The van der Waals surface area contributed by atoms with Gasteiger partial charge < -0.3 is 10.1 Å². The number of nitrogens with zero attached hydrogens (tertiary/aromatic N) is 2. The van der Waals surface area contributed by atoms with E-state index in [4.69, 9.17) is 16.7 Å². The molecule has 0 aliphatic carbocycles. The summed E-state index contributed by atoms with van der Waals surface area (Å²) in [5, 5.41) is 18.6. The second kappa shape index (κ2) is 4.20. The smallest absolute Gasteiger partial charge is 0.312 e. The molecule has 2 heterocycles. The normalized spacial score (nSPS) is 12.9. The van der Waals surface area contributed by atoms with Crippen LogP contribution in [0.4, 0.5) is 0 Å². The number of H-pyrrole nitrogens is 1. The van der Waals surface area contributed by atoms with Gasteiger partial charge >= 0.3 is 5.97 Å². The molecular weight excluding hydrogens is 266 g/mol. The SMILES string of the molecule is C[C@H](C(=O)O)c1cc2[nH]c3ccc(Cl)cc3c2nn1. The Labute approximate surface area is 113 Å². The van der Waals surface area contributed by atoms with Gasteiger partial charge in [-0.2, -0.15) is 5.10 Å². The van der Waals surface area contributed by atoms with E-state index in [1.54, 1.807) is 19.1 Å². The molecule has 3 aromatic rings. The van der Waals surface area contributed by atoms with Crippen molar-refractivity contribution in [2.24, 2.45) is 0 Å². The highest BCUT2D eigenvalue weighted by atomic mass is 35.5. The summed E-state index contributed by atoms with van der Waals surface area (Å²) in [5.74, 6) is -1.61. The predicted molar refractivity (Wildman–Crippen MR) is 72.5 cm³/mol. The Kier molecular flexibility index (Phi) is 2.64. The number of aliphatic carboxylic acids is 1. The number of aromatic amines is 1. The van der Waals surface area contributed by atoms with Gasteiger partial charge in [0.15, 0.2) is 0 Å². The maximum atomic E-state index is 11.0. The zero-order chi connectivity index (χ0) is 13.6. The lowest BCUT2D eigenvalue weighted by molar-refractivity contribution is -0.138. The first kappa shape index (κ1) is 11.9. The van der Waals surface area contributed by atoms with Crippen LogP contribution >= 0.6 is 11.6 Å². The third-order valence-corrected chi connectivity index (χ3v) is 3.37. The van der Waals surface area contributed by atoms with Crippen LogP contribution in [0.3, 0.4) is 0 Å². The van der Waals surface area contributed by atoms with E-state index in [0.717, 1.165) is 16.4 Å². The number of carboxylic acids is 1. The molecule has 0 bridgehead atoms. The number of aromatic nitrogens is 3. The number of carboxylic acid groups (broad SMARTS) is 1. The number of halogens is 1. The molecule has 0 aliphatic heterocycles. The van der Waals surface area contributed by atoms with Gasteiger partial charge in [-0.15, -0.1) is 5.10 Å². The highest BCUT2D eigenvalue weighted by molar-refractivity contribution is 6.31. The summed E-state index contributed by atoms with van der Waals surface area (Å²) < 4.78 is 0. The first-order chi connectivity index (χ1) is 9.06. The highest BCUT2D eigenvalue weighted by Crippen LogP contribution is 2.27. The molecule has 0 unspecified atom stereocenters. The minimum absolute atomic E-state index is 0.428. The molecule has 1 aromatic carbocycles. The topological polar surface area (TPSA) is 78.9 Å². The van der Waals surface area contributed by atoms with Crippen LogP contribution in [-0.4, -0.2) is 26.3 Å². The van der Waals surface area contributed by atoms with Gasteiger partial charge in [0.25, 0.3) is 0 Å². The molecule has 2 aromatic heterocycles. The highest BCUT2D eigenvalue weighted by Gasteiger charge is 2.17. The molecule has 5 nitrogen and oxygen atoms in total. The fraction of sp³-hybridized carbons (Fsp3) is 0.154. The lowest BCUT2D eigenvalue weighted by Crippen LogP contribution is -2.09. The van der Waals surface area contributed by atoms with E-state index in [2.05, 4.69) is 15.2 Å². The molecule has 0 saturated carbocycles. The van der Waals surface area contributed by atoms with Gasteiger partial charge in [0, 0.05) is 15.9 Å². The van der Waals surface area contributed by atoms with Crippen molar-refractivity contribution in [3.63, 3.8) is 0 Å². The number of nitrogens with one attached hydrogen (secondary N) is 1. The fourth-order valence-electron chi connectivity index (χ4n) is 2.01. The first-order valence-corrected chi connectivity index (χ1v) is 6.11. The number of fused-ring (bicyclic) bond motifs is 3. The third-order valence-electron chi connectivity index (χ3n) is 3.13. The van der Waals surface area contributed by atoms with Crippen molar-refractivity contribution in [1.29, 1.82) is 0 Å². The van der Waals surface area contributed by atoms with Crippen molar-refractivity contribution in [3.8, 4) is 0 Å². The van der Waals surface area contributed by atoms with E-state index in [0.29, 0.717) is 16.2 Å². The molecule has 0 radical (unpaired) electrons. The average Bonchev–Trinajstić information content (AvgIpc) is 2.74. The lowest BCUT2D eigenvalue weighted by atomic mass is 10.1. The van der Waals surface area contributed by atoms with Crippen LogP contribution in [-0.2, 0) is 4.79 Å². The van der Waals surface area contributed by atoms with Crippen molar-refractivity contribution < 1.29 is 9.90 Å². The van der Waals surface area contributed by atoms with Gasteiger partial charge in [0.2, 0.25) is 0 Å². The van der Waals surface area contributed by atoms with Crippen LogP contribution in [0.5, 0.6) is 0 Å². The van der Waals surface area contributed by atoms with Crippen LogP contribution in [0.15, 0.2) is 24.3 Å². The van der Waals surface area contributed by atoms with Crippen LogP contribution < -0.4 is 0 Å². The van der Waals surface area contributed by atoms with E-state index in [1.807, 2.05) is 12.1 Å². The standard InChI is InChI=1S/C13H10ClN3O2/c1-6(13(18)19)10-5-11-12(17-16-10)8-4-7(14)2-3-9(8)15-11/h2-6,15H,1H3,(H,18,19)/t6-/m0/s1. The predicted octanol–water partition coefficient (Wildman–Crippen LogP) is 2.95. The quantitative estimate of drug-likeness (QED) is 0.754. The summed E-state index contributed by atoms with van der Waals surface area (Å²) in [6.07, 6.45) is 0. The summed E-state index contributed by atoms with van der Waals surface area (Å²) in [6, 6.07) is 7.17. The van der Waals surface area contributed by atoms with Crippen molar-refractivity contribution in [2.75, 3.05) is 0 Å². The Morgan fingerprint density at radius 2 is 2.11 bits per heavy atom. The van der Waals surface area contributed by atoms with Crippen LogP contribution in [0, 0.1) is 0 Å². The Morgan fingerprint density at radius 3 is 2.84 bits per heavy atom. The van der Waals surface area contributed by atoms with Crippen molar-refractivity contribution >= 4 is 39.5 Å². The number of hydrogen-bond acceptors (Lipinski definition) is 3. The second-order valence-electron chi connectivity index (χ2n) is 4.41. The number of benzene rings is 1. The number of carbonyl (C=O) groups is 1. The summed E-state index contributed by atoms with van der Waals surface area (Å²) >= 11 is 5.96. The monoisotopic (exact) mass is 275 g/mol. The van der Waals surface area contributed by atoms with Gasteiger partial charge in [-0.1, -0.05) is 11.6 Å². The minimum atomic E-state index is -0.923. The number of rotatable bonds is 2. The Bertz CT molecular complexity index is 797. The van der Waals surface area contributed by atoms with Gasteiger partial charge in [-0.25, -0.2) is 0 Å². The Morgan fingerprint density at radius 1 is 1.32 bits per heavy atom. The molecular formula is C13H10ClN3O2. The van der Waals surface area contributed by atoms with Crippen LogP contribution in [0.25, 0.3) is 21.9 Å². The molecule has 3 rings (SSSR count). The molecule has 1 atom stereocenters. The Hall–Kier alpha value is -2.14. The molecule has 0 fully saturated rings. The van der Waals surface area contributed by atoms with E-state index in [9.17, 15) is 4.79 Å². The molecule has 6 heteroatoms.